The third-order valence-electron chi connectivity index (χ3n) is 4.03. The van der Waals surface area contributed by atoms with Crippen molar-refractivity contribution in [1.29, 1.82) is 0 Å². The van der Waals surface area contributed by atoms with Crippen LogP contribution in [0.3, 0.4) is 0 Å². The van der Waals surface area contributed by atoms with E-state index in [1.54, 1.807) is 0 Å². The van der Waals surface area contributed by atoms with Gasteiger partial charge < -0.3 is 55.1 Å². The van der Waals surface area contributed by atoms with E-state index >= 15 is 0 Å². The Balaban J connectivity index is 2.11. The van der Waals surface area contributed by atoms with Gasteiger partial charge in [-0.2, -0.15) is 0 Å². The van der Waals surface area contributed by atoms with Crippen molar-refractivity contribution in [1.82, 2.24) is 0 Å². The Kier molecular flexibility index (Phi) is 5.92. The highest BCUT2D eigenvalue weighted by molar-refractivity contribution is 4.96. The summed E-state index contributed by atoms with van der Waals surface area (Å²) in [6, 6.07) is 0. The van der Waals surface area contributed by atoms with Crippen LogP contribution in [-0.2, 0) is 14.2 Å². The van der Waals surface area contributed by atoms with Gasteiger partial charge in [0.15, 0.2) is 6.29 Å². The Morgan fingerprint density at radius 2 is 1.52 bits per heavy atom. The van der Waals surface area contributed by atoms with Gasteiger partial charge in [-0.15, -0.1) is 0 Å². The van der Waals surface area contributed by atoms with Gasteiger partial charge in [0, 0.05) is 0 Å². The van der Waals surface area contributed by atoms with Crippen LogP contribution in [0.1, 0.15) is 0 Å². The van der Waals surface area contributed by atoms with Crippen molar-refractivity contribution in [3.05, 3.63) is 0 Å². The molecule has 0 aliphatic carbocycles. The standard InChI is InChI=1S/C12H22O11/c13-1-4-7(16)10(18)12(20,3-21-4)23-9-8(17)6(15)5(2-14)22-11(9)19/h4-11,13-20H,1-3H2/t4-,5-,6-,7-,8+,9+,10+,11+,12-/m1/s1. The van der Waals surface area contributed by atoms with Crippen molar-refractivity contribution in [3.63, 3.8) is 0 Å². The molecule has 0 aromatic heterocycles. The molecule has 2 fully saturated rings. The van der Waals surface area contributed by atoms with Crippen molar-refractivity contribution >= 4 is 0 Å². The molecule has 8 N–H and O–H groups in total. The largest absolute Gasteiger partial charge is 0.394 e. The summed E-state index contributed by atoms with van der Waals surface area (Å²) in [5.74, 6) is -2.52. The Morgan fingerprint density at radius 1 is 0.913 bits per heavy atom. The Bertz CT molecular complexity index is 395. The number of hydrogen-bond donors (Lipinski definition) is 8. The van der Waals surface area contributed by atoms with E-state index in [1.807, 2.05) is 0 Å². The van der Waals surface area contributed by atoms with Crippen LogP contribution in [0.5, 0.6) is 0 Å². The second-order valence-corrected chi connectivity index (χ2v) is 5.62. The summed E-state index contributed by atoms with van der Waals surface area (Å²) in [5.41, 5.74) is 0. The van der Waals surface area contributed by atoms with Crippen LogP contribution >= 0.6 is 0 Å². The zero-order valence-corrected chi connectivity index (χ0v) is 12.0. The lowest BCUT2D eigenvalue weighted by molar-refractivity contribution is -0.391. The van der Waals surface area contributed by atoms with Crippen LogP contribution in [0.2, 0.25) is 0 Å². The van der Waals surface area contributed by atoms with E-state index in [-0.39, 0.29) is 0 Å². The highest BCUT2D eigenvalue weighted by Gasteiger charge is 2.54. The summed E-state index contributed by atoms with van der Waals surface area (Å²) >= 11 is 0. The normalized spacial score (nSPS) is 51.7. The molecule has 0 saturated carbocycles. The van der Waals surface area contributed by atoms with Gasteiger partial charge in [-0.3, -0.25) is 0 Å². The number of aliphatic hydroxyl groups is 8. The monoisotopic (exact) mass is 342 g/mol. The number of ether oxygens (including phenoxy) is 3. The molecule has 23 heavy (non-hydrogen) atoms. The lowest BCUT2D eigenvalue weighted by Crippen LogP contribution is -2.68. The van der Waals surface area contributed by atoms with Crippen molar-refractivity contribution in [2.75, 3.05) is 19.8 Å². The SMILES string of the molecule is OC[C@H]1OC[C@@](O)(O[C@H]2[C@@H](O)[C@H](O)[C@@H](CO)O[C@@H]2O)[C@@H](O)[C@@H]1O. The highest BCUT2D eigenvalue weighted by Crippen LogP contribution is 2.31. The topological polar surface area (TPSA) is 190 Å². The first kappa shape index (κ1) is 18.9. The summed E-state index contributed by atoms with van der Waals surface area (Å²) in [6.07, 6.45) is -12.9. The Hall–Kier alpha value is -0.440. The highest BCUT2D eigenvalue weighted by atomic mass is 16.7. The summed E-state index contributed by atoms with van der Waals surface area (Å²) in [4.78, 5) is 0. The molecule has 2 rings (SSSR count). The maximum atomic E-state index is 10.3. The van der Waals surface area contributed by atoms with Crippen LogP contribution in [0, 0.1) is 0 Å². The van der Waals surface area contributed by atoms with E-state index in [1.165, 1.54) is 0 Å². The average molecular weight is 342 g/mol. The molecule has 0 bridgehead atoms. The van der Waals surface area contributed by atoms with Crippen molar-refractivity contribution in [2.45, 2.75) is 54.8 Å². The molecule has 0 spiro atoms. The molecule has 0 aromatic rings. The first-order valence-electron chi connectivity index (χ1n) is 7.04. The molecule has 0 amide bonds. The lowest BCUT2D eigenvalue weighted by atomic mass is 9.95. The van der Waals surface area contributed by atoms with Gasteiger partial charge in [-0.1, -0.05) is 0 Å². The van der Waals surface area contributed by atoms with Crippen molar-refractivity contribution < 1.29 is 55.1 Å². The number of aliphatic hydroxyl groups excluding tert-OH is 7. The van der Waals surface area contributed by atoms with Gasteiger partial charge >= 0.3 is 0 Å². The van der Waals surface area contributed by atoms with Gasteiger partial charge in [-0.25, -0.2) is 0 Å². The van der Waals surface area contributed by atoms with E-state index in [9.17, 15) is 30.6 Å². The quantitative estimate of drug-likeness (QED) is 0.228. The van der Waals surface area contributed by atoms with Gasteiger partial charge in [-0.05, 0) is 0 Å². The van der Waals surface area contributed by atoms with Crippen molar-refractivity contribution in [3.8, 4) is 0 Å². The second kappa shape index (κ2) is 7.21. The number of rotatable bonds is 4. The van der Waals surface area contributed by atoms with Gasteiger partial charge in [0.25, 0.3) is 0 Å². The molecule has 2 aliphatic rings. The van der Waals surface area contributed by atoms with Crippen LogP contribution in [0.4, 0.5) is 0 Å². The molecule has 2 heterocycles. The molecular formula is C12H22O11. The molecule has 9 atom stereocenters. The predicted octanol–water partition coefficient (Wildman–Crippen LogP) is -5.40. The van der Waals surface area contributed by atoms with Crippen LogP contribution < -0.4 is 0 Å². The molecule has 0 unspecified atom stereocenters. The first-order chi connectivity index (χ1) is 10.7. The summed E-state index contributed by atoms with van der Waals surface area (Å²) < 4.78 is 14.9. The van der Waals surface area contributed by atoms with Crippen molar-refractivity contribution in [2.24, 2.45) is 0 Å². The zero-order valence-electron chi connectivity index (χ0n) is 12.0. The molecule has 0 aromatic carbocycles. The lowest BCUT2D eigenvalue weighted by Gasteiger charge is -2.47. The summed E-state index contributed by atoms with van der Waals surface area (Å²) in [5, 5.41) is 77.4. The van der Waals surface area contributed by atoms with Gasteiger partial charge in [0.1, 0.15) is 49.3 Å². The fraction of sp³-hybridized carbons (Fsp3) is 1.00. The molecule has 2 aliphatic heterocycles. The Morgan fingerprint density at radius 3 is 2.09 bits per heavy atom. The van der Waals surface area contributed by atoms with E-state index in [0.29, 0.717) is 0 Å². The fourth-order valence-electron chi connectivity index (χ4n) is 2.58. The minimum atomic E-state index is -2.52. The summed E-state index contributed by atoms with van der Waals surface area (Å²) in [7, 11) is 0. The van der Waals surface area contributed by atoms with Gasteiger partial charge in [0.05, 0.1) is 13.2 Å². The third kappa shape index (κ3) is 3.50. The second-order valence-electron chi connectivity index (χ2n) is 5.62. The smallest absolute Gasteiger partial charge is 0.219 e. The molecular weight excluding hydrogens is 320 g/mol. The molecule has 136 valence electrons. The minimum absolute atomic E-state index is 0.608. The van der Waals surface area contributed by atoms with E-state index in [0.717, 1.165) is 0 Å². The van der Waals surface area contributed by atoms with E-state index < -0.39 is 74.6 Å². The molecule has 0 radical (unpaired) electrons. The molecule has 11 heteroatoms. The fourth-order valence-corrected chi connectivity index (χ4v) is 2.58. The summed E-state index contributed by atoms with van der Waals surface area (Å²) in [6.45, 7) is -1.95. The van der Waals surface area contributed by atoms with Gasteiger partial charge in [0.2, 0.25) is 5.79 Å². The van der Waals surface area contributed by atoms with Crippen LogP contribution in [-0.4, -0.2) is 115 Å². The maximum absolute atomic E-state index is 10.3. The zero-order chi connectivity index (χ0) is 17.4. The maximum Gasteiger partial charge on any atom is 0.219 e. The Labute approximate surface area is 130 Å². The van der Waals surface area contributed by atoms with E-state index in [4.69, 9.17) is 24.4 Å². The van der Waals surface area contributed by atoms with E-state index in [2.05, 4.69) is 0 Å². The van der Waals surface area contributed by atoms with Crippen LogP contribution in [0.25, 0.3) is 0 Å². The minimum Gasteiger partial charge on any atom is -0.394 e. The number of hydrogen-bond acceptors (Lipinski definition) is 11. The molecule has 11 nitrogen and oxygen atoms in total. The average Bonchev–Trinajstić information content (AvgIpc) is 2.53. The van der Waals surface area contributed by atoms with Crippen LogP contribution in [0.15, 0.2) is 0 Å². The third-order valence-corrected chi connectivity index (χ3v) is 4.03. The first-order valence-corrected chi connectivity index (χ1v) is 7.04. The predicted molar refractivity (Wildman–Crippen MR) is 68.6 cm³/mol. The molecule has 2 saturated heterocycles.